The van der Waals surface area contributed by atoms with Crippen LogP contribution in [0, 0.1) is 0 Å². The van der Waals surface area contributed by atoms with Gasteiger partial charge in [0.05, 0.1) is 12.1 Å². The van der Waals surface area contributed by atoms with Gasteiger partial charge in [0, 0.05) is 18.7 Å². The van der Waals surface area contributed by atoms with Gasteiger partial charge in [-0.15, -0.1) is 5.10 Å². The number of halogens is 1. The molecule has 0 saturated carbocycles. The van der Waals surface area contributed by atoms with E-state index in [-0.39, 0.29) is 12.5 Å². The van der Waals surface area contributed by atoms with Crippen molar-refractivity contribution in [1.29, 1.82) is 0 Å². The van der Waals surface area contributed by atoms with Crippen molar-refractivity contribution in [2.75, 3.05) is 13.2 Å². The van der Waals surface area contributed by atoms with Crippen molar-refractivity contribution in [1.82, 2.24) is 15.1 Å². The Balaban J connectivity index is 1.61. The summed E-state index contributed by atoms with van der Waals surface area (Å²) in [6.07, 6.45) is 0.749. The van der Waals surface area contributed by atoms with Crippen molar-refractivity contribution < 1.29 is 12.6 Å². The van der Waals surface area contributed by atoms with E-state index in [1.165, 1.54) is 0 Å². The van der Waals surface area contributed by atoms with Gasteiger partial charge in [-0.2, -0.15) is 0 Å². The molecule has 0 unspecified atom stereocenters. The van der Waals surface area contributed by atoms with Gasteiger partial charge >= 0.3 is 0 Å². The number of fused-ring (bicyclic) bond motifs is 1. The third-order valence-electron chi connectivity index (χ3n) is 3.43. The number of nitrogens with zero attached hydrogens (tertiary/aromatic N) is 2. The van der Waals surface area contributed by atoms with Gasteiger partial charge in [-0.1, -0.05) is 18.2 Å². The summed E-state index contributed by atoms with van der Waals surface area (Å²) in [5.41, 5.74) is 1.98. The van der Waals surface area contributed by atoms with E-state index in [9.17, 15) is 4.79 Å². The Bertz CT molecular complexity index is 616. The fourth-order valence-electron chi connectivity index (χ4n) is 2.30. The number of hydrogen-bond acceptors (Lipinski definition) is 4. The van der Waals surface area contributed by atoms with Gasteiger partial charge in [0.15, 0.2) is 29.6 Å². The Hall–Kier alpha value is -1.77. The van der Waals surface area contributed by atoms with E-state index in [0.29, 0.717) is 24.7 Å². The molecule has 0 spiro atoms. The van der Waals surface area contributed by atoms with Crippen LogP contribution in [-0.4, -0.2) is 34.2 Å². The third-order valence-corrected chi connectivity index (χ3v) is 3.84. The minimum Gasteiger partial charge on any atom is -0.484 e. The summed E-state index contributed by atoms with van der Waals surface area (Å²) in [4.78, 5) is 14.0. The van der Waals surface area contributed by atoms with Gasteiger partial charge in [-0.3, -0.25) is 9.89 Å². The number of hydrogen-bond donors (Lipinski definition) is 1. The number of aromatic nitrogens is 2. The normalized spacial score (nSPS) is 13.7. The molecule has 0 bridgehead atoms. The van der Waals surface area contributed by atoms with Crippen molar-refractivity contribution in [3.05, 3.63) is 41.6 Å². The zero-order chi connectivity index (χ0) is 14.7. The maximum atomic E-state index is 12.2. The summed E-state index contributed by atoms with van der Waals surface area (Å²) in [6.45, 7) is 1.20. The molecule has 1 aliphatic heterocycles. The van der Waals surface area contributed by atoms with Gasteiger partial charge in [0.2, 0.25) is 5.88 Å². The van der Waals surface area contributed by atoms with Gasteiger partial charge in [0.25, 0.3) is 5.91 Å². The van der Waals surface area contributed by atoms with E-state index >= 15 is 0 Å². The zero-order valence-electron chi connectivity index (χ0n) is 11.2. The SMILES string of the molecule is O=C(COc1ccccc1)N1CCc2[nH]nc(OI)c2C1. The van der Waals surface area contributed by atoms with Crippen LogP contribution in [0.2, 0.25) is 0 Å². The topological polar surface area (TPSA) is 67.5 Å². The van der Waals surface area contributed by atoms with Gasteiger partial charge in [-0.25, -0.2) is 0 Å². The van der Waals surface area contributed by atoms with E-state index in [2.05, 4.69) is 10.2 Å². The van der Waals surface area contributed by atoms with Crippen LogP contribution in [0.25, 0.3) is 0 Å². The molecule has 110 valence electrons. The van der Waals surface area contributed by atoms with Crippen LogP contribution in [0.3, 0.4) is 0 Å². The lowest BCUT2D eigenvalue weighted by Crippen LogP contribution is -2.38. The first kappa shape index (κ1) is 14.2. The quantitative estimate of drug-likeness (QED) is 0.800. The van der Waals surface area contributed by atoms with Crippen molar-refractivity contribution in [3.8, 4) is 11.6 Å². The molecule has 0 saturated heterocycles. The predicted molar refractivity (Wildman–Crippen MR) is 84.3 cm³/mol. The Labute approximate surface area is 136 Å². The first-order chi connectivity index (χ1) is 10.3. The van der Waals surface area contributed by atoms with E-state index in [0.717, 1.165) is 17.7 Å². The molecule has 0 aliphatic carbocycles. The van der Waals surface area contributed by atoms with E-state index < -0.39 is 0 Å². The largest absolute Gasteiger partial charge is 0.484 e. The highest BCUT2D eigenvalue weighted by atomic mass is 127. The highest BCUT2D eigenvalue weighted by Crippen LogP contribution is 2.26. The smallest absolute Gasteiger partial charge is 0.260 e. The van der Waals surface area contributed by atoms with Crippen LogP contribution in [-0.2, 0) is 17.8 Å². The van der Waals surface area contributed by atoms with Crippen LogP contribution >= 0.6 is 23.0 Å². The summed E-state index contributed by atoms with van der Waals surface area (Å²) in [6, 6.07) is 9.33. The average Bonchev–Trinajstić information content (AvgIpc) is 2.95. The second-order valence-electron chi connectivity index (χ2n) is 4.73. The van der Waals surface area contributed by atoms with Crippen molar-refractivity contribution in [2.45, 2.75) is 13.0 Å². The number of amides is 1. The highest BCUT2D eigenvalue weighted by molar-refractivity contribution is 14.1. The summed E-state index contributed by atoms with van der Waals surface area (Å²) in [5, 5.41) is 7.03. The molecule has 1 aromatic heterocycles. The van der Waals surface area contributed by atoms with Crippen LogP contribution in [0.15, 0.2) is 30.3 Å². The maximum Gasteiger partial charge on any atom is 0.260 e. The molecule has 1 N–H and O–H groups in total. The number of benzene rings is 1. The lowest BCUT2D eigenvalue weighted by Gasteiger charge is -2.26. The van der Waals surface area contributed by atoms with Crippen molar-refractivity contribution in [2.24, 2.45) is 0 Å². The van der Waals surface area contributed by atoms with Crippen LogP contribution in [0.5, 0.6) is 11.6 Å². The number of rotatable bonds is 4. The lowest BCUT2D eigenvalue weighted by atomic mass is 10.1. The van der Waals surface area contributed by atoms with E-state index in [1.54, 1.807) is 27.9 Å². The van der Waals surface area contributed by atoms with Gasteiger partial charge in [0.1, 0.15) is 5.75 Å². The van der Waals surface area contributed by atoms with Crippen molar-refractivity contribution in [3.63, 3.8) is 0 Å². The molecule has 0 fully saturated rings. The summed E-state index contributed by atoms with van der Waals surface area (Å²) in [5.74, 6) is 1.21. The fraction of sp³-hybridized carbons (Fsp3) is 0.286. The average molecular weight is 399 g/mol. The molecule has 7 heteroatoms. The molecule has 1 aliphatic rings. The molecule has 0 radical (unpaired) electrons. The summed E-state index contributed by atoms with van der Waals surface area (Å²) >= 11 is 1.79. The van der Waals surface area contributed by atoms with Crippen molar-refractivity contribution >= 4 is 28.9 Å². The van der Waals surface area contributed by atoms with E-state index in [1.807, 2.05) is 30.3 Å². The zero-order valence-corrected chi connectivity index (χ0v) is 13.4. The van der Waals surface area contributed by atoms with Gasteiger partial charge in [-0.05, 0) is 12.1 Å². The summed E-state index contributed by atoms with van der Waals surface area (Å²) in [7, 11) is 0. The Morgan fingerprint density at radius 2 is 2.19 bits per heavy atom. The predicted octanol–water partition coefficient (Wildman–Crippen LogP) is 2.10. The molecule has 2 heterocycles. The Morgan fingerprint density at radius 3 is 2.95 bits per heavy atom. The number of para-hydroxylation sites is 1. The number of nitrogens with one attached hydrogen (secondary N) is 1. The first-order valence-corrected chi connectivity index (χ1v) is 7.46. The Kier molecular flexibility index (Phi) is 4.28. The maximum absolute atomic E-state index is 12.2. The molecule has 3 rings (SSSR count). The molecular formula is C14H14IN3O3. The summed E-state index contributed by atoms with van der Waals surface area (Å²) < 4.78 is 10.7. The number of H-pyrrole nitrogens is 1. The molecule has 6 nitrogen and oxygen atoms in total. The fourth-order valence-corrected chi connectivity index (χ4v) is 2.66. The number of ether oxygens (including phenoxy) is 1. The monoisotopic (exact) mass is 399 g/mol. The standard InChI is InChI=1S/C14H14IN3O3/c15-21-14-11-8-18(7-6-12(11)16-17-14)13(19)9-20-10-4-2-1-3-5-10/h1-5H,6-9H2,(H,16,17). The van der Waals surface area contributed by atoms with Gasteiger partial charge < -0.3 is 12.7 Å². The van der Waals surface area contributed by atoms with Crippen LogP contribution in [0.1, 0.15) is 11.3 Å². The minimum atomic E-state index is -0.0369. The number of carbonyl (C=O) groups is 1. The molecule has 1 aromatic carbocycles. The molecule has 2 aromatic rings. The molecule has 1 amide bonds. The third kappa shape index (κ3) is 3.12. The van der Waals surface area contributed by atoms with Crippen LogP contribution in [0.4, 0.5) is 0 Å². The van der Waals surface area contributed by atoms with E-state index in [4.69, 9.17) is 7.80 Å². The lowest BCUT2D eigenvalue weighted by molar-refractivity contribution is -0.134. The molecule has 0 atom stereocenters. The highest BCUT2D eigenvalue weighted by Gasteiger charge is 2.26. The van der Waals surface area contributed by atoms with Crippen LogP contribution < -0.4 is 7.80 Å². The minimum absolute atomic E-state index is 0.0369. The second kappa shape index (κ2) is 6.33. The molecular weight excluding hydrogens is 385 g/mol. The molecule has 21 heavy (non-hydrogen) atoms. The number of carbonyl (C=O) groups excluding carboxylic acids is 1. The number of aromatic amines is 1. The first-order valence-electron chi connectivity index (χ1n) is 6.58. The Morgan fingerprint density at radius 1 is 1.38 bits per heavy atom. The second-order valence-corrected chi connectivity index (χ2v) is 5.17.